The molecule has 2 aromatic carbocycles. The molecule has 0 spiro atoms. The average Bonchev–Trinajstić information content (AvgIpc) is 2.90. The first-order valence-electron chi connectivity index (χ1n) is 9.88. The Hall–Kier alpha value is -2.23. The summed E-state index contributed by atoms with van der Waals surface area (Å²) in [5, 5.41) is 2.77. The molecular formula is C21H26N2O5S2. The quantitative estimate of drug-likeness (QED) is 0.608. The topological polar surface area (TPSA) is 93.7 Å². The van der Waals surface area contributed by atoms with Gasteiger partial charge in [-0.2, -0.15) is 0 Å². The lowest BCUT2D eigenvalue weighted by molar-refractivity contribution is -0.115. The van der Waals surface area contributed by atoms with Gasteiger partial charge in [0.2, 0.25) is 15.9 Å². The van der Waals surface area contributed by atoms with Crippen LogP contribution in [0.15, 0.2) is 46.2 Å². The number of sulfonamides is 1. The van der Waals surface area contributed by atoms with Crippen LogP contribution in [0.25, 0.3) is 0 Å². The van der Waals surface area contributed by atoms with E-state index in [9.17, 15) is 13.2 Å². The van der Waals surface area contributed by atoms with Crippen LogP contribution in [0.5, 0.6) is 11.5 Å². The van der Waals surface area contributed by atoms with Gasteiger partial charge >= 0.3 is 0 Å². The van der Waals surface area contributed by atoms with Crippen LogP contribution in [-0.4, -0.2) is 39.8 Å². The number of anilines is 1. The molecule has 0 unspecified atom stereocenters. The van der Waals surface area contributed by atoms with Crippen LogP contribution in [0.4, 0.5) is 5.69 Å². The summed E-state index contributed by atoms with van der Waals surface area (Å²) >= 11 is 1.54. The van der Waals surface area contributed by atoms with Crippen molar-refractivity contribution >= 4 is 33.4 Å². The van der Waals surface area contributed by atoms with Crippen molar-refractivity contribution in [3.8, 4) is 11.5 Å². The van der Waals surface area contributed by atoms with Crippen molar-refractivity contribution in [2.24, 2.45) is 0 Å². The van der Waals surface area contributed by atoms with Crippen molar-refractivity contribution in [3.05, 3.63) is 42.0 Å². The van der Waals surface area contributed by atoms with Crippen molar-refractivity contribution in [1.82, 2.24) is 4.72 Å². The number of benzene rings is 2. The number of carbonyl (C=O) groups is 1. The van der Waals surface area contributed by atoms with Crippen LogP contribution in [0, 0.1) is 0 Å². The number of thioether (sulfide) groups is 1. The summed E-state index contributed by atoms with van der Waals surface area (Å²) in [6.45, 7) is 5.10. The lowest BCUT2D eigenvalue weighted by Gasteiger charge is -2.13. The van der Waals surface area contributed by atoms with E-state index < -0.39 is 10.0 Å². The van der Waals surface area contributed by atoms with Crippen LogP contribution >= 0.6 is 11.8 Å². The molecule has 3 rings (SSSR count). The van der Waals surface area contributed by atoms with E-state index >= 15 is 0 Å². The van der Waals surface area contributed by atoms with Gasteiger partial charge in [-0.1, -0.05) is 6.07 Å². The van der Waals surface area contributed by atoms with E-state index in [1.54, 1.807) is 12.1 Å². The maximum absolute atomic E-state index is 12.7. The smallest absolute Gasteiger partial charge is 0.240 e. The third-order valence-electron chi connectivity index (χ3n) is 4.44. The Balaban J connectivity index is 1.67. The van der Waals surface area contributed by atoms with Crippen LogP contribution in [0.2, 0.25) is 0 Å². The van der Waals surface area contributed by atoms with E-state index in [0.717, 1.165) is 10.5 Å². The fourth-order valence-electron chi connectivity index (χ4n) is 3.03. The molecule has 1 aliphatic heterocycles. The third kappa shape index (κ3) is 5.68. The van der Waals surface area contributed by atoms with E-state index in [0.29, 0.717) is 49.0 Å². The summed E-state index contributed by atoms with van der Waals surface area (Å²) in [5.74, 6) is 1.89. The average molecular weight is 451 g/mol. The molecule has 2 aromatic rings. The third-order valence-corrected chi connectivity index (χ3v) is 6.97. The minimum Gasteiger partial charge on any atom is -0.490 e. The number of carbonyl (C=O) groups excluding carboxylic acids is 1. The summed E-state index contributed by atoms with van der Waals surface area (Å²) in [5.41, 5.74) is 1.48. The van der Waals surface area contributed by atoms with Gasteiger partial charge in [-0.3, -0.25) is 4.79 Å². The Morgan fingerprint density at radius 2 is 1.83 bits per heavy atom. The second-order valence-electron chi connectivity index (χ2n) is 6.60. The molecule has 0 fully saturated rings. The molecule has 2 N–H and O–H groups in total. The number of fused-ring (bicyclic) bond motifs is 1. The van der Waals surface area contributed by atoms with Gasteiger partial charge in [0, 0.05) is 23.6 Å². The van der Waals surface area contributed by atoms with Crippen LogP contribution in [0.1, 0.15) is 25.8 Å². The van der Waals surface area contributed by atoms with Crippen molar-refractivity contribution in [3.63, 3.8) is 0 Å². The standard InChI is InChI=1S/C21H26N2O5S2/c1-3-27-18-7-5-15(13-19(18)28-4-2)9-11-22-30(25,26)16-6-8-20-17(14-16)23-21(24)10-12-29-20/h5-8,13-14,22H,3-4,9-12H2,1-2H3,(H,23,24). The van der Waals surface area contributed by atoms with Crippen LogP contribution in [0.3, 0.4) is 0 Å². The van der Waals surface area contributed by atoms with Gasteiger partial charge in [0.05, 0.1) is 23.8 Å². The van der Waals surface area contributed by atoms with Crippen LogP contribution in [-0.2, 0) is 21.2 Å². The van der Waals surface area contributed by atoms with E-state index in [4.69, 9.17) is 9.47 Å². The van der Waals surface area contributed by atoms with Crippen LogP contribution < -0.4 is 19.5 Å². The van der Waals surface area contributed by atoms with Gasteiger partial charge in [0.15, 0.2) is 11.5 Å². The van der Waals surface area contributed by atoms with E-state index in [1.807, 2.05) is 32.0 Å². The van der Waals surface area contributed by atoms with Gasteiger partial charge in [-0.05, 0) is 56.2 Å². The number of amides is 1. The summed E-state index contributed by atoms with van der Waals surface area (Å²) in [4.78, 5) is 12.8. The number of rotatable bonds is 9. The highest BCUT2D eigenvalue weighted by Crippen LogP contribution is 2.32. The Labute approximate surface area is 181 Å². The molecule has 1 amide bonds. The van der Waals surface area contributed by atoms with E-state index in [2.05, 4.69) is 10.0 Å². The monoisotopic (exact) mass is 450 g/mol. The molecule has 30 heavy (non-hydrogen) atoms. The molecule has 0 saturated carbocycles. The Kier molecular flexibility index (Phi) is 7.63. The first-order chi connectivity index (χ1) is 14.4. The molecule has 0 radical (unpaired) electrons. The van der Waals surface area contributed by atoms with E-state index in [1.165, 1.54) is 17.8 Å². The number of ether oxygens (including phenoxy) is 2. The van der Waals surface area contributed by atoms with Crippen molar-refractivity contribution in [2.45, 2.75) is 36.5 Å². The Bertz CT molecular complexity index is 1010. The summed E-state index contributed by atoms with van der Waals surface area (Å²) in [6, 6.07) is 10.4. The second-order valence-corrected chi connectivity index (χ2v) is 9.50. The van der Waals surface area contributed by atoms with Gasteiger partial charge in [-0.15, -0.1) is 11.8 Å². The van der Waals surface area contributed by atoms with Crippen molar-refractivity contribution in [1.29, 1.82) is 0 Å². The zero-order valence-corrected chi connectivity index (χ0v) is 18.7. The fraction of sp³-hybridized carbons (Fsp3) is 0.381. The molecule has 0 aromatic heterocycles. The molecular weight excluding hydrogens is 424 g/mol. The maximum Gasteiger partial charge on any atom is 0.240 e. The molecule has 1 heterocycles. The van der Waals surface area contributed by atoms with Crippen molar-refractivity contribution in [2.75, 3.05) is 30.8 Å². The summed E-state index contributed by atoms with van der Waals surface area (Å²) < 4.78 is 39.2. The number of hydrogen-bond donors (Lipinski definition) is 2. The van der Waals surface area contributed by atoms with E-state index in [-0.39, 0.29) is 17.3 Å². The molecule has 0 saturated heterocycles. The number of hydrogen-bond acceptors (Lipinski definition) is 6. The highest BCUT2D eigenvalue weighted by molar-refractivity contribution is 7.99. The second kappa shape index (κ2) is 10.2. The first-order valence-corrected chi connectivity index (χ1v) is 12.3. The molecule has 0 bridgehead atoms. The lowest BCUT2D eigenvalue weighted by Crippen LogP contribution is -2.26. The molecule has 9 heteroatoms. The highest BCUT2D eigenvalue weighted by Gasteiger charge is 2.19. The molecule has 7 nitrogen and oxygen atoms in total. The first kappa shape index (κ1) is 22.5. The van der Waals surface area contributed by atoms with Gasteiger partial charge in [0.25, 0.3) is 0 Å². The highest BCUT2D eigenvalue weighted by atomic mass is 32.2. The summed E-state index contributed by atoms with van der Waals surface area (Å²) in [6.07, 6.45) is 0.911. The predicted molar refractivity (Wildman–Crippen MR) is 118 cm³/mol. The Morgan fingerprint density at radius 1 is 1.07 bits per heavy atom. The maximum atomic E-state index is 12.7. The minimum atomic E-state index is -3.70. The molecule has 0 aliphatic carbocycles. The fourth-order valence-corrected chi connectivity index (χ4v) is 5.03. The van der Waals surface area contributed by atoms with Gasteiger partial charge in [0.1, 0.15) is 0 Å². The van der Waals surface area contributed by atoms with Crippen molar-refractivity contribution < 1.29 is 22.7 Å². The minimum absolute atomic E-state index is 0.107. The zero-order chi connectivity index (χ0) is 21.6. The largest absolute Gasteiger partial charge is 0.490 e. The predicted octanol–water partition coefficient (Wildman–Crippen LogP) is 3.44. The molecule has 1 aliphatic rings. The SMILES string of the molecule is CCOc1ccc(CCNS(=O)(=O)c2ccc3c(c2)NC(=O)CCS3)cc1OCC. The Morgan fingerprint density at radius 3 is 2.60 bits per heavy atom. The van der Waals surface area contributed by atoms with Gasteiger partial charge < -0.3 is 14.8 Å². The normalized spacial score (nSPS) is 13.9. The zero-order valence-electron chi connectivity index (χ0n) is 17.1. The van der Waals surface area contributed by atoms with Gasteiger partial charge in [-0.25, -0.2) is 13.1 Å². The summed E-state index contributed by atoms with van der Waals surface area (Å²) in [7, 11) is -3.70. The number of nitrogens with one attached hydrogen (secondary N) is 2. The lowest BCUT2D eigenvalue weighted by atomic mass is 10.1. The molecule has 0 atom stereocenters. The molecule has 162 valence electrons.